The molecule has 1 aliphatic heterocycles. The van der Waals surface area contributed by atoms with Gasteiger partial charge in [0.15, 0.2) is 6.23 Å². The number of aliphatic hydroxyl groups excluding tert-OH is 2. The van der Waals surface area contributed by atoms with Crippen LogP contribution in [0.25, 0.3) is 0 Å². The Balaban J connectivity index is 2.46. The van der Waals surface area contributed by atoms with Crippen molar-refractivity contribution in [3.8, 4) is 0 Å². The van der Waals surface area contributed by atoms with Gasteiger partial charge in [-0.2, -0.15) is 0 Å². The number of aliphatic hydroxyl groups is 2. The molecule has 7 heteroatoms. The number of H-pyrrole nitrogens is 1. The zero-order valence-electron chi connectivity index (χ0n) is 9.45. The first-order chi connectivity index (χ1) is 7.91. The Kier molecular flexibility index (Phi) is 2.90. The van der Waals surface area contributed by atoms with Gasteiger partial charge in [-0.15, -0.1) is 0 Å². The molecule has 94 valence electrons. The third kappa shape index (κ3) is 1.92. The molecule has 0 bridgehead atoms. The van der Waals surface area contributed by atoms with Gasteiger partial charge in [0.25, 0.3) is 5.56 Å². The van der Waals surface area contributed by atoms with Gasteiger partial charge in [-0.05, 0) is 13.8 Å². The smallest absolute Gasteiger partial charge is 0.330 e. The first-order valence-electron chi connectivity index (χ1n) is 5.25. The number of aromatic nitrogens is 2. The van der Waals surface area contributed by atoms with E-state index in [1.54, 1.807) is 6.92 Å². The van der Waals surface area contributed by atoms with Crippen LogP contribution in [0.3, 0.4) is 0 Å². The second-order valence-electron chi connectivity index (χ2n) is 4.19. The van der Waals surface area contributed by atoms with Gasteiger partial charge in [-0.25, -0.2) is 4.79 Å². The topological polar surface area (TPSA) is 105 Å². The highest BCUT2D eigenvalue weighted by atomic mass is 16.6. The molecule has 0 amide bonds. The van der Waals surface area contributed by atoms with E-state index in [0.717, 1.165) is 4.57 Å². The zero-order chi connectivity index (χ0) is 12.7. The third-order valence-electron chi connectivity index (χ3n) is 2.90. The van der Waals surface area contributed by atoms with E-state index in [-0.39, 0.29) is 0 Å². The summed E-state index contributed by atoms with van der Waals surface area (Å²) < 4.78 is 6.37. The fourth-order valence-electron chi connectivity index (χ4n) is 1.83. The van der Waals surface area contributed by atoms with E-state index in [4.69, 9.17) is 4.74 Å². The van der Waals surface area contributed by atoms with Crippen LogP contribution in [0.5, 0.6) is 0 Å². The van der Waals surface area contributed by atoms with Gasteiger partial charge < -0.3 is 14.9 Å². The predicted molar refractivity (Wildman–Crippen MR) is 57.7 cm³/mol. The number of aryl methyl sites for hydroxylation is 1. The van der Waals surface area contributed by atoms with E-state index in [0.29, 0.717) is 5.56 Å². The molecule has 17 heavy (non-hydrogen) atoms. The summed E-state index contributed by atoms with van der Waals surface area (Å²) in [5.41, 5.74) is -0.826. The Hall–Kier alpha value is -1.44. The first-order valence-corrected chi connectivity index (χ1v) is 5.25. The molecule has 1 aromatic rings. The summed E-state index contributed by atoms with van der Waals surface area (Å²) in [5.74, 6) is 0. The van der Waals surface area contributed by atoms with Gasteiger partial charge in [-0.3, -0.25) is 14.3 Å². The molecule has 3 N–H and O–H groups in total. The second-order valence-corrected chi connectivity index (χ2v) is 4.19. The summed E-state index contributed by atoms with van der Waals surface area (Å²) in [6.07, 6.45) is -2.51. The lowest BCUT2D eigenvalue weighted by atomic mass is 10.1. The Morgan fingerprint density at radius 1 is 1.35 bits per heavy atom. The molecule has 2 rings (SSSR count). The average molecular weight is 242 g/mol. The minimum Gasteiger partial charge on any atom is -0.388 e. The molecule has 1 aliphatic rings. The van der Waals surface area contributed by atoms with Crippen molar-refractivity contribution >= 4 is 0 Å². The Morgan fingerprint density at radius 3 is 2.53 bits per heavy atom. The molecule has 7 nitrogen and oxygen atoms in total. The van der Waals surface area contributed by atoms with E-state index in [1.807, 2.05) is 0 Å². The van der Waals surface area contributed by atoms with Crippen molar-refractivity contribution in [2.45, 2.75) is 38.4 Å². The van der Waals surface area contributed by atoms with Crippen molar-refractivity contribution in [3.05, 3.63) is 32.6 Å². The van der Waals surface area contributed by atoms with Crippen molar-refractivity contribution in [3.63, 3.8) is 0 Å². The molecule has 1 saturated heterocycles. The Bertz CT molecular complexity index is 534. The van der Waals surface area contributed by atoms with Crippen LogP contribution in [0.1, 0.15) is 18.7 Å². The summed E-state index contributed by atoms with van der Waals surface area (Å²) in [6.45, 7) is 3.13. The van der Waals surface area contributed by atoms with Gasteiger partial charge in [0.2, 0.25) is 0 Å². The molecule has 0 spiro atoms. The van der Waals surface area contributed by atoms with Gasteiger partial charge in [0.1, 0.15) is 12.2 Å². The third-order valence-corrected chi connectivity index (χ3v) is 2.90. The summed E-state index contributed by atoms with van der Waals surface area (Å²) in [5, 5.41) is 19.3. The minimum absolute atomic E-state index is 0.328. The maximum absolute atomic E-state index is 11.6. The number of aromatic amines is 1. The van der Waals surface area contributed by atoms with Gasteiger partial charge in [0, 0.05) is 11.8 Å². The van der Waals surface area contributed by atoms with Crippen LogP contribution in [-0.2, 0) is 4.74 Å². The van der Waals surface area contributed by atoms with E-state index in [2.05, 4.69) is 4.98 Å². The van der Waals surface area contributed by atoms with Crippen LogP contribution >= 0.6 is 0 Å². The van der Waals surface area contributed by atoms with Crippen LogP contribution in [0.2, 0.25) is 0 Å². The fraction of sp³-hybridized carbons (Fsp3) is 0.600. The monoisotopic (exact) mass is 242 g/mol. The number of rotatable bonds is 1. The second kappa shape index (κ2) is 4.10. The van der Waals surface area contributed by atoms with Crippen molar-refractivity contribution in [1.82, 2.24) is 9.55 Å². The molecule has 1 aromatic heterocycles. The molecule has 2 unspecified atom stereocenters. The lowest BCUT2D eigenvalue weighted by Crippen LogP contribution is -2.38. The minimum atomic E-state index is -1.20. The van der Waals surface area contributed by atoms with E-state index in [9.17, 15) is 19.8 Å². The SMILES string of the molecule is Cc1cn([C@@H]2O[C@H](C)C(O)C2O)c(=O)[nH]c1=O. The molecule has 0 aliphatic carbocycles. The molecule has 4 atom stereocenters. The number of hydrogen-bond donors (Lipinski definition) is 3. The van der Waals surface area contributed by atoms with Crippen LogP contribution in [0, 0.1) is 6.92 Å². The normalized spacial score (nSPS) is 32.9. The van der Waals surface area contributed by atoms with Crippen LogP contribution in [0.4, 0.5) is 0 Å². The van der Waals surface area contributed by atoms with Gasteiger partial charge in [-0.1, -0.05) is 0 Å². The van der Waals surface area contributed by atoms with E-state index < -0.39 is 35.8 Å². The number of nitrogens with one attached hydrogen (secondary N) is 1. The number of ether oxygens (including phenoxy) is 1. The zero-order valence-corrected chi connectivity index (χ0v) is 9.45. The highest BCUT2D eigenvalue weighted by Gasteiger charge is 2.41. The molecule has 0 saturated carbocycles. The lowest BCUT2D eigenvalue weighted by Gasteiger charge is -2.17. The van der Waals surface area contributed by atoms with Crippen LogP contribution in [-0.4, -0.2) is 38.1 Å². The van der Waals surface area contributed by atoms with Crippen molar-refractivity contribution in [1.29, 1.82) is 0 Å². The molecular weight excluding hydrogens is 228 g/mol. The van der Waals surface area contributed by atoms with Gasteiger partial charge >= 0.3 is 5.69 Å². The number of nitrogens with zero attached hydrogens (tertiary/aromatic N) is 1. The van der Waals surface area contributed by atoms with Gasteiger partial charge in [0.05, 0.1) is 6.10 Å². The van der Waals surface area contributed by atoms with E-state index >= 15 is 0 Å². The fourth-order valence-corrected chi connectivity index (χ4v) is 1.83. The maximum atomic E-state index is 11.6. The molecule has 1 fully saturated rings. The summed E-state index contributed by atoms with van der Waals surface area (Å²) in [4.78, 5) is 24.9. The highest BCUT2D eigenvalue weighted by molar-refractivity contribution is 5.02. The predicted octanol–water partition coefficient (Wildman–Crippen LogP) is -1.52. The molecule has 2 heterocycles. The van der Waals surface area contributed by atoms with Crippen LogP contribution < -0.4 is 11.2 Å². The highest BCUT2D eigenvalue weighted by Crippen LogP contribution is 2.27. The average Bonchev–Trinajstić information content (AvgIpc) is 2.51. The Labute approximate surface area is 96.3 Å². The summed E-state index contributed by atoms with van der Waals surface area (Å²) in [7, 11) is 0. The first kappa shape index (κ1) is 12.0. The van der Waals surface area contributed by atoms with E-state index in [1.165, 1.54) is 13.1 Å². The van der Waals surface area contributed by atoms with Crippen molar-refractivity contribution in [2.75, 3.05) is 0 Å². The summed E-state index contributed by atoms with van der Waals surface area (Å²) in [6, 6.07) is 0. The van der Waals surface area contributed by atoms with Crippen molar-refractivity contribution in [2.24, 2.45) is 0 Å². The van der Waals surface area contributed by atoms with Crippen molar-refractivity contribution < 1.29 is 14.9 Å². The standard InChI is InChI=1S/C10H14N2O5/c1-4-3-12(10(16)11-8(4)15)9-7(14)6(13)5(2)17-9/h3,5-7,9,13-14H,1-2H3,(H,11,15,16)/t5-,6?,7?,9-/m1/s1. The maximum Gasteiger partial charge on any atom is 0.330 e. The molecular formula is C10H14N2O5. The summed E-state index contributed by atoms with van der Waals surface area (Å²) >= 11 is 0. The largest absolute Gasteiger partial charge is 0.388 e. The lowest BCUT2D eigenvalue weighted by molar-refractivity contribution is -0.0352. The quantitative estimate of drug-likeness (QED) is 0.555. The van der Waals surface area contributed by atoms with Crippen LogP contribution in [0.15, 0.2) is 15.8 Å². The number of hydrogen-bond acceptors (Lipinski definition) is 5. The molecule has 0 radical (unpaired) electrons. The Morgan fingerprint density at radius 2 is 2.00 bits per heavy atom. The molecule has 0 aromatic carbocycles.